The van der Waals surface area contributed by atoms with Crippen LogP contribution in [-0.2, 0) is 19.4 Å². The first-order chi connectivity index (χ1) is 10.3. The fourth-order valence-corrected chi connectivity index (χ4v) is 4.96. The third-order valence-electron chi connectivity index (χ3n) is 3.93. The van der Waals surface area contributed by atoms with Crippen LogP contribution in [-0.4, -0.2) is 32.0 Å². The molecule has 0 aliphatic heterocycles. The van der Waals surface area contributed by atoms with Gasteiger partial charge in [-0.1, -0.05) is 30.7 Å². The number of hydrogen-bond donors (Lipinski definition) is 0. The third kappa shape index (κ3) is 2.49. The van der Waals surface area contributed by atoms with E-state index in [4.69, 9.17) is 16.3 Å². The molecule has 0 radical (unpaired) electrons. The van der Waals surface area contributed by atoms with Crippen molar-refractivity contribution in [2.75, 3.05) is 12.4 Å². The third-order valence-corrected chi connectivity index (χ3v) is 6.39. The Morgan fingerprint density at radius 3 is 2.64 bits per heavy atom. The van der Waals surface area contributed by atoms with Gasteiger partial charge in [-0.25, -0.2) is 8.42 Å². The van der Waals surface area contributed by atoms with Crippen LogP contribution >= 0.6 is 11.6 Å². The summed E-state index contributed by atoms with van der Waals surface area (Å²) >= 11 is 5.94. The Morgan fingerprint density at radius 1 is 1.45 bits per heavy atom. The Morgan fingerprint density at radius 2 is 2.14 bits per heavy atom. The van der Waals surface area contributed by atoms with Gasteiger partial charge in [0.1, 0.15) is 5.25 Å². The molecular formula is C15H16ClNO4S. The lowest BCUT2D eigenvalue weighted by Crippen LogP contribution is -2.26. The van der Waals surface area contributed by atoms with Gasteiger partial charge in [0, 0.05) is 16.7 Å². The number of nitrogens with zero attached hydrogens (tertiary/aromatic N) is 1. The van der Waals surface area contributed by atoms with Gasteiger partial charge < -0.3 is 4.74 Å². The number of nitriles is 1. The second kappa shape index (κ2) is 5.90. The van der Waals surface area contributed by atoms with E-state index in [1.165, 1.54) is 6.92 Å². The number of esters is 1. The molecule has 1 fully saturated rings. The SMILES string of the molecule is CCOC(=O)C1(C#N)C(c2cccc(Cl)c2)C1S(=O)(=O)CC. The first-order valence-corrected chi connectivity index (χ1v) is 9.00. The molecule has 3 atom stereocenters. The molecule has 118 valence electrons. The van der Waals surface area contributed by atoms with Gasteiger partial charge in [-0.3, -0.25) is 4.79 Å². The van der Waals surface area contributed by atoms with E-state index in [2.05, 4.69) is 0 Å². The van der Waals surface area contributed by atoms with Crippen LogP contribution in [0, 0.1) is 16.7 Å². The van der Waals surface area contributed by atoms with Gasteiger partial charge in [-0.15, -0.1) is 0 Å². The van der Waals surface area contributed by atoms with E-state index in [-0.39, 0.29) is 12.4 Å². The standard InChI is InChI=1S/C15H16ClNO4S/c1-3-21-14(18)15(9-17)12(13(15)22(19,20)4-2)10-6-5-7-11(16)8-10/h5-8,12-13H,3-4H2,1-2H3. The zero-order valence-corrected chi connectivity index (χ0v) is 13.8. The molecule has 22 heavy (non-hydrogen) atoms. The Bertz CT molecular complexity index is 740. The van der Waals surface area contributed by atoms with Crippen LogP contribution in [0.5, 0.6) is 0 Å². The van der Waals surface area contributed by atoms with Gasteiger partial charge in [-0.05, 0) is 24.6 Å². The van der Waals surface area contributed by atoms with Gasteiger partial charge in [-0.2, -0.15) is 5.26 Å². The van der Waals surface area contributed by atoms with E-state index in [0.717, 1.165) is 0 Å². The minimum atomic E-state index is -3.58. The van der Waals surface area contributed by atoms with E-state index in [0.29, 0.717) is 10.6 Å². The number of ether oxygens (including phenoxy) is 1. The predicted molar refractivity (Wildman–Crippen MR) is 82.1 cm³/mol. The molecule has 1 aromatic rings. The number of benzene rings is 1. The fourth-order valence-electron chi connectivity index (χ4n) is 2.84. The molecule has 1 saturated carbocycles. The highest BCUT2D eigenvalue weighted by Gasteiger charge is 2.77. The van der Waals surface area contributed by atoms with Crippen LogP contribution in [0.25, 0.3) is 0 Å². The van der Waals surface area contributed by atoms with Gasteiger partial charge in [0.25, 0.3) is 0 Å². The Hall–Kier alpha value is -1.58. The fraction of sp³-hybridized carbons (Fsp3) is 0.467. The number of sulfone groups is 1. The van der Waals surface area contributed by atoms with Crippen LogP contribution in [0.2, 0.25) is 5.02 Å². The molecule has 1 aliphatic carbocycles. The van der Waals surface area contributed by atoms with Crippen molar-refractivity contribution in [3.8, 4) is 6.07 Å². The van der Waals surface area contributed by atoms with Crippen molar-refractivity contribution in [1.29, 1.82) is 5.26 Å². The number of rotatable bonds is 5. The van der Waals surface area contributed by atoms with E-state index in [1.54, 1.807) is 31.2 Å². The second-order valence-electron chi connectivity index (χ2n) is 5.11. The number of halogens is 1. The van der Waals surface area contributed by atoms with Crippen LogP contribution in [0.3, 0.4) is 0 Å². The Balaban J connectivity index is 2.55. The molecule has 0 amide bonds. The summed E-state index contributed by atoms with van der Waals surface area (Å²) in [6, 6.07) is 8.47. The summed E-state index contributed by atoms with van der Waals surface area (Å²) < 4.78 is 29.6. The maximum absolute atomic E-state index is 12.3. The highest BCUT2D eigenvalue weighted by molar-refractivity contribution is 7.92. The van der Waals surface area contributed by atoms with Gasteiger partial charge in [0.05, 0.1) is 12.7 Å². The summed E-state index contributed by atoms with van der Waals surface area (Å²) in [6.07, 6.45) is 0. The maximum atomic E-state index is 12.3. The van der Waals surface area contributed by atoms with Crippen LogP contribution in [0.4, 0.5) is 0 Å². The summed E-state index contributed by atoms with van der Waals surface area (Å²) in [5.74, 6) is -1.68. The van der Waals surface area contributed by atoms with Crippen molar-refractivity contribution in [2.24, 2.45) is 5.41 Å². The quantitative estimate of drug-likeness (QED) is 0.767. The summed E-state index contributed by atoms with van der Waals surface area (Å²) in [5, 5.41) is 8.87. The molecular weight excluding hydrogens is 326 g/mol. The lowest BCUT2D eigenvalue weighted by Gasteiger charge is -2.08. The summed E-state index contributed by atoms with van der Waals surface area (Å²) in [6.45, 7) is 3.20. The molecule has 2 rings (SSSR count). The van der Waals surface area contributed by atoms with Crippen molar-refractivity contribution in [3.05, 3.63) is 34.9 Å². The predicted octanol–water partition coefficient (Wildman–Crippen LogP) is 2.31. The molecule has 1 aliphatic rings. The molecule has 0 N–H and O–H groups in total. The molecule has 0 spiro atoms. The number of hydrogen-bond acceptors (Lipinski definition) is 5. The van der Waals surface area contributed by atoms with E-state index in [1.807, 2.05) is 6.07 Å². The minimum absolute atomic E-state index is 0.0867. The van der Waals surface area contributed by atoms with Crippen molar-refractivity contribution in [3.63, 3.8) is 0 Å². The smallest absolute Gasteiger partial charge is 0.328 e. The first kappa shape index (κ1) is 16.8. The van der Waals surface area contributed by atoms with Gasteiger partial charge in [0.2, 0.25) is 0 Å². The van der Waals surface area contributed by atoms with E-state index in [9.17, 15) is 18.5 Å². The van der Waals surface area contributed by atoms with Crippen molar-refractivity contribution in [1.82, 2.24) is 0 Å². The van der Waals surface area contributed by atoms with Crippen molar-refractivity contribution < 1.29 is 17.9 Å². The normalized spacial score (nSPS) is 27.0. The van der Waals surface area contributed by atoms with E-state index >= 15 is 0 Å². The van der Waals surface area contributed by atoms with Crippen LogP contribution in [0.1, 0.15) is 25.3 Å². The molecule has 1 aromatic carbocycles. The molecule has 0 aromatic heterocycles. The maximum Gasteiger partial charge on any atom is 0.328 e. The minimum Gasteiger partial charge on any atom is -0.465 e. The zero-order valence-electron chi connectivity index (χ0n) is 12.2. The van der Waals surface area contributed by atoms with Crippen LogP contribution < -0.4 is 0 Å². The molecule has 5 nitrogen and oxygen atoms in total. The second-order valence-corrected chi connectivity index (χ2v) is 7.95. The van der Waals surface area contributed by atoms with Crippen molar-refractivity contribution in [2.45, 2.75) is 25.0 Å². The zero-order chi connectivity index (χ0) is 16.5. The number of carbonyl (C=O) groups excluding carboxylic acids is 1. The Labute approximate surface area is 134 Å². The highest BCUT2D eigenvalue weighted by atomic mass is 35.5. The largest absolute Gasteiger partial charge is 0.465 e. The molecule has 3 unspecified atom stereocenters. The summed E-state index contributed by atoms with van der Waals surface area (Å²) in [7, 11) is -3.58. The van der Waals surface area contributed by atoms with E-state index < -0.39 is 32.4 Å². The highest BCUT2D eigenvalue weighted by Crippen LogP contribution is 2.63. The molecule has 0 bridgehead atoms. The molecule has 0 heterocycles. The van der Waals surface area contributed by atoms with Crippen LogP contribution in [0.15, 0.2) is 24.3 Å². The molecule has 7 heteroatoms. The van der Waals surface area contributed by atoms with Gasteiger partial charge >= 0.3 is 5.97 Å². The lowest BCUT2D eigenvalue weighted by atomic mass is 10.0. The average molecular weight is 342 g/mol. The first-order valence-electron chi connectivity index (χ1n) is 6.90. The lowest BCUT2D eigenvalue weighted by molar-refractivity contribution is -0.147. The summed E-state index contributed by atoms with van der Waals surface area (Å²) in [5.41, 5.74) is -1.13. The summed E-state index contributed by atoms with van der Waals surface area (Å²) in [4.78, 5) is 12.3. The topological polar surface area (TPSA) is 84.2 Å². The average Bonchev–Trinajstić information content (AvgIpc) is 3.19. The number of carbonyl (C=O) groups is 1. The Kier molecular flexibility index (Phi) is 4.50. The monoisotopic (exact) mass is 341 g/mol. The van der Waals surface area contributed by atoms with Crippen molar-refractivity contribution >= 4 is 27.4 Å². The molecule has 0 saturated heterocycles. The van der Waals surface area contributed by atoms with Gasteiger partial charge in [0.15, 0.2) is 15.3 Å².